The molecule has 2 aromatic carbocycles. The SMILES string of the molecule is O=C(N[C@@H]1CN(C2CCCC2)C[C@@H]1C(=O)NO)c1ccc(CN2CCS(O)(O)c3ccccc32)cc1. The molecule has 1 aliphatic carbocycles. The Morgan fingerprint density at radius 1 is 1.00 bits per heavy atom. The fourth-order valence-corrected chi connectivity index (χ4v) is 7.28. The van der Waals surface area contributed by atoms with Gasteiger partial charge in [-0.3, -0.25) is 28.8 Å². The third-order valence-electron chi connectivity index (χ3n) is 7.75. The molecule has 0 aromatic heterocycles. The van der Waals surface area contributed by atoms with Gasteiger partial charge in [0.05, 0.1) is 28.3 Å². The van der Waals surface area contributed by atoms with E-state index in [1.54, 1.807) is 23.7 Å². The van der Waals surface area contributed by atoms with Crippen LogP contribution < -0.4 is 15.7 Å². The van der Waals surface area contributed by atoms with E-state index in [4.69, 9.17) is 0 Å². The summed E-state index contributed by atoms with van der Waals surface area (Å²) in [6, 6.07) is 14.8. The number of rotatable bonds is 6. The largest absolute Gasteiger partial charge is 0.364 e. The summed E-state index contributed by atoms with van der Waals surface area (Å²) in [5, 5.41) is 12.2. The van der Waals surface area contributed by atoms with Crippen molar-refractivity contribution in [1.82, 2.24) is 15.7 Å². The van der Waals surface area contributed by atoms with Gasteiger partial charge in [0.2, 0.25) is 5.91 Å². The molecule has 9 nitrogen and oxygen atoms in total. The lowest BCUT2D eigenvalue weighted by Gasteiger charge is -2.43. The van der Waals surface area contributed by atoms with Crippen LogP contribution in [0.3, 0.4) is 0 Å². The molecule has 2 atom stereocenters. The maximum atomic E-state index is 13.0. The van der Waals surface area contributed by atoms with Crippen LogP contribution >= 0.6 is 10.6 Å². The van der Waals surface area contributed by atoms with Crippen molar-refractivity contribution < 1.29 is 23.9 Å². The molecule has 2 aliphatic heterocycles. The average molecular weight is 515 g/mol. The van der Waals surface area contributed by atoms with Gasteiger partial charge in [0.1, 0.15) is 0 Å². The highest BCUT2D eigenvalue weighted by atomic mass is 32.3. The second-order valence-electron chi connectivity index (χ2n) is 10.0. The number of hydrogen-bond acceptors (Lipinski definition) is 7. The fourth-order valence-electron chi connectivity index (χ4n) is 5.76. The molecule has 0 unspecified atom stereocenters. The minimum atomic E-state index is -2.76. The van der Waals surface area contributed by atoms with Crippen LogP contribution in [0.1, 0.15) is 41.6 Å². The van der Waals surface area contributed by atoms with Crippen LogP contribution in [0.15, 0.2) is 53.4 Å². The Morgan fingerprint density at radius 3 is 2.44 bits per heavy atom. The maximum Gasteiger partial charge on any atom is 0.251 e. The summed E-state index contributed by atoms with van der Waals surface area (Å²) < 4.78 is 20.8. The standard InChI is InChI=1S/C26H34N4O5S/c31-25(27-22-17-30(20-5-1-2-6-20)16-21(22)26(32)28-33)19-11-9-18(10-12-19)15-29-13-14-36(34,35)24-8-4-3-7-23(24)29/h3-4,7-12,20-22,33-35H,1-2,5-6,13-17H2,(H,27,31)(H,28,32)/t21-,22+/m0/s1. The molecule has 0 spiro atoms. The Bertz CT molecular complexity index is 1110. The molecular formula is C26H34N4O5S. The number of nitrogens with one attached hydrogen (secondary N) is 2. The molecule has 1 saturated heterocycles. The van der Waals surface area contributed by atoms with Crippen molar-refractivity contribution in [3.05, 3.63) is 59.7 Å². The summed E-state index contributed by atoms with van der Waals surface area (Å²) in [4.78, 5) is 30.3. The predicted octanol–water partition coefficient (Wildman–Crippen LogP) is 3.29. The Labute approximate surface area is 212 Å². The van der Waals surface area contributed by atoms with E-state index in [0.717, 1.165) is 24.1 Å². The molecule has 194 valence electrons. The molecule has 2 aromatic rings. The number of amides is 2. The van der Waals surface area contributed by atoms with E-state index in [2.05, 4.69) is 15.1 Å². The van der Waals surface area contributed by atoms with E-state index in [-0.39, 0.29) is 11.9 Å². The molecule has 2 fully saturated rings. The van der Waals surface area contributed by atoms with Crippen molar-refractivity contribution in [2.24, 2.45) is 5.92 Å². The van der Waals surface area contributed by atoms with Gasteiger partial charge < -0.3 is 10.2 Å². The van der Waals surface area contributed by atoms with E-state index in [1.807, 2.05) is 30.3 Å². The number of likely N-dealkylation sites (tertiary alicyclic amines) is 1. The molecule has 5 rings (SSSR count). The Morgan fingerprint density at radius 2 is 1.72 bits per heavy atom. The number of carbonyl (C=O) groups is 2. The number of carbonyl (C=O) groups excluding carboxylic acids is 2. The van der Waals surface area contributed by atoms with Gasteiger partial charge in [-0.15, -0.1) is 0 Å². The number of hydrogen-bond donors (Lipinski definition) is 5. The lowest BCUT2D eigenvalue weighted by Crippen LogP contribution is -2.45. The monoisotopic (exact) mass is 514 g/mol. The summed E-state index contributed by atoms with van der Waals surface area (Å²) in [7, 11) is -2.76. The molecule has 0 bridgehead atoms. The highest BCUT2D eigenvalue weighted by Gasteiger charge is 2.41. The smallest absolute Gasteiger partial charge is 0.251 e. The first kappa shape index (κ1) is 25.0. The zero-order chi connectivity index (χ0) is 25.3. The molecule has 10 heteroatoms. The van der Waals surface area contributed by atoms with Crippen molar-refractivity contribution in [2.75, 3.05) is 30.3 Å². The summed E-state index contributed by atoms with van der Waals surface area (Å²) in [5.74, 6) is -0.903. The van der Waals surface area contributed by atoms with Crippen LogP contribution in [0.5, 0.6) is 0 Å². The van der Waals surface area contributed by atoms with Crippen molar-refractivity contribution in [3.63, 3.8) is 0 Å². The predicted molar refractivity (Wildman–Crippen MR) is 138 cm³/mol. The molecular weight excluding hydrogens is 480 g/mol. The van der Waals surface area contributed by atoms with E-state index < -0.39 is 22.4 Å². The zero-order valence-electron chi connectivity index (χ0n) is 20.2. The molecule has 1 saturated carbocycles. The van der Waals surface area contributed by atoms with Gasteiger partial charge in [0.25, 0.3) is 5.91 Å². The quantitative estimate of drug-likeness (QED) is 0.296. The van der Waals surface area contributed by atoms with Crippen LogP contribution in [0, 0.1) is 5.92 Å². The topological polar surface area (TPSA) is 125 Å². The van der Waals surface area contributed by atoms with Gasteiger partial charge in [0, 0.05) is 37.8 Å². The molecule has 3 aliphatic rings. The van der Waals surface area contributed by atoms with Crippen molar-refractivity contribution in [2.45, 2.75) is 49.2 Å². The molecule has 36 heavy (non-hydrogen) atoms. The summed E-state index contributed by atoms with van der Waals surface area (Å²) in [6.45, 7) is 2.25. The van der Waals surface area contributed by atoms with Gasteiger partial charge in [-0.25, -0.2) is 5.48 Å². The number of para-hydroxylation sites is 1. The molecule has 2 amide bonds. The van der Waals surface area contributed by atoms with Gasteiger partial charge >= 0.3 is 0 Å². The summed E-state index contributed by atoms with van der Waals surface area (Å²) >= 11 is 0. The molecule has 2 heterocycles. The van der Waals surface area contributed by atoms with Gasteiger partial charge in [-0.2, -0.15) is 10.6 Å². The first-order chi connectivity index (χ1) is 17.4. The lowest BCUT2D eigenvalue weighted by molar-refractivity contribution is -0.133. The van der Waals surface area contributed by atoms with Crippen LogP contribution in [0.25, 0.3) is 0 Å². The van der Waals surface area contributed by atoms with E-state index in [0.29, 0.717) is 48.4 Å². The van der Waals surface area contributed by atoms with E-state index in [9.17, 15) is 23.9 Å². The third kappa shape index (κ3) is 5.09. The minimum Gasteiger partial charge on any atom is -0.364 e. The summed E-state index contributed by atoms with van der Waals surface area (Å²) in [5.41, 5.74) is 4.11. The van der Waals surface area contributed by atoms with E-state index in [1.165, 1.54) is 12.8 Å². The second kappa shape index (κ2) is 10.4. The normalized spacial score (nSPS) is 24.8. The first-order valence-corrected chi connectivity index (χ1v) is 14.2. The highest BCUT2D eigenvalue weighted by Crippen LogP contribution is 2.55. The Hall–Kier alpha value is -2.63. The molecule has 5 N–H and O–H groups in total. The number of hydroxylamine groups is 1. The minimum absolute atomic E-state index is 0.243. The lowest BCUT2D eigenvalue weighted by atomic mass is 10.0. The van der Waals surface area contributed by atoms with Gasteiger partial charge in [-0.1, -0.05) is 37.1 Å². The van der Waals surface area contributed by atoms with Crippen LogP contribution in [0.2, 0.25) is 0 Å². The van der Waals surface area contributed by atoms with Gasteiger partial charge in [-0.05, 0) is 42.7 Å². The second-order valence-corrected chi connectivity index (χ2v) is 12.2. The number of anilines is 1. The molecule has 0 radical (unpaired) electrons. The number of nitrogens with zero attached hydrogens (tertiary/aromatic N) is 2. The summed E-state index contributed by atoms with van der Waals surface area (Å²) in [6.07, 6.45) is 4.59. The third-order valence-corrected chi connectivity index (χ3v) is 9.55. The van der Waals surface area contributed by atoms with Crippen LogP contribution in [-0.2, 0) is 11.3 Å². The highest BCUT2D eigenvalue weighted by molar-refractivity contribution is 8.24. The Kier molecular flexibility index (Phi) is 7.23. The maximum absolute atomic E-state index is 13.0. The van der Waals surface area contributed by atoms with Crippen LogP contribution in [-0.4, -0.2) is 68.5 Å². The van der Waals surface area contributed by atoms with Gasteiger partial charge in [0.15, 0.2) is 0 Å². The van der Waals surface area contributed by atoms with Crippen LogP contribution in [0.4, 0.5) is 5.69 Å². The Balaban J connectivity index is 1.24. The number of fused-ring (bicyclic) bond motifs is 1. The number of benzene rings is 2. The fraction of sp³-hybridized carbons (Fsp3) is 0.462. The van der Waals surface area contributed by atoms with Crippen molar-refractivity contribution >= 4 is 28.1 Å². The zero-order valence-corrected chi connectivity index (χ0v) is 21.0. The first-order valence-electron chi connectivity index (χ1n) is 12.5. The van der Waals surface area contributed by atoms with Crippen molar-refractivity contribution in [1.29, 1.82) is 0 Å². The van der Waals surface area contributed by atoms with Crippen molar-refractivity contribution in [3.8, 4) is 0 Å². The van der Waals surface area contributed by atoms with E-state index >= 15 is 0 Å². The average Bonchev–Trinajstić information content (AvgIpc) is 3.56.